The van der Waals surface area contributed by atoms with Crippen molar-refractivity contribution in [1.82, 2.24) is 4.90 Å². The fourth-order valence-electron chi connectivity index (χ4n) is 2.62. The zero-order valence-electron chi connectivity index (χ0n) is 22.0. The van der Waals surface area contributed by atoms with E-state index in [2.05, 4.69) is 6.58 Å². The molecule has 1 N–H and O–H groups in total. The van der Waals surface area contributed by atoms with Crippen molar-refractivity contribution in [2.24, 2.45) is 5.92 Å². The predicted molar refractivity (Wildman–Crippen MR) is 140 cm³/mol. The topological polar surface area (TPSA) is 40.5 Å². The lowest BCUT2D eigenvalue weighted by atomic mass is 9.99. The first-order valence-corrected chi connectivity index (χ1v) is 11.6. The van der Waals surface area contributed by atoms with Gasteiger partial charge in [0.2, 0.25) is 5.92 Å². The highest BCUT2D eigenvalue weighted by Gasteiger charge is 2.21. The van der Waals surface area contributed by atoms with E-state index in [-0.39, 0.29) is 18.0 Å². The number of hydrogen-bond acceptors (Lipinski definition) is 3. The van der Waals surface area contributed by atoms with Gasteiger partial charge in [0.25, 0.3) is 0 Å². The van der Waals surface area contributed by atoms with Gasteiger partial charge >= 0.3 is 0 Å². The van der Waals surface area contributed by atoms with Gasteiger partial charge in [0, 0.05) is 37.4 Å². The zero-order valence-corrected chi connectivity index (χ0v) is 22.0. The third kappa shape index (κ3) is 14.2. The van der Waals surface area contributed by atoms with Gasteiger partial charge in [0.05, 0.1) is 0 Å². The largest absolute Gasteiger partial charge is 0.396 e. The number of halogens is 3. The molecule has 0 aliphatic rings. The highest BCUT2D eigenvalue weighted by atomic mass is 19.3. The molecule has 0 unspecified atom stereocenters. The first kappa shape index (κ1) is 32.1. The molecule has 0 radical (unpaired) electrons. The number of hydrogen-bond donors (Lipinski definition) is 1. The van der Waals surface area contributed by atoms with Crippen LogP contribution in [0.2, 0.25) is 0 Å². The molecule has 0 heterocycles. The Kier molecular flexibility index (Phi) is 14.6. The van der Waals surface area contributed by atoms with Gasteiger partial charge < -0.3 is 10.0 Å². The van der Waals surface area contributed by atoms with Crippen molar-refractivity contribution < 1.29 is 23.1 Å². The van der Waals surface area contributed by atoms with E-state index in [0.717, 1.165) is 24.5 Å². The first-order valence-electron chi connectivity index (χ1n) is 11.6. The van der Waals surface area contributed by atoms with Crippen LogP contribution in [0.1, 0.15) is 52.7 Å². The van der Waals surface area contributed by atoms with Crippen LogP contribution in [-0.2, 0) is 17.6 Å². The monoisotopic (exact) mass is 491 g/mol. The molecule has 0 fully saturated rings. The normalized spacial score (nSPS) is 11.1. The molecule has 6 heteroatoms. The summed E-state index contributed by atoms with van der Waals surface area (Å²) in [5.41, 5.74) is 3.56. The summed E-state index contributed by atoms with van der Waals surface area (Å²) in [6.07, 6.45) is 3.92. The number of alkyl halides is 2. The van der Waals surface area contributed by atoms with Gasteiger partial charge in [-0.1, -0.05) is 57.7 Å². The van der Waals surface area contributed by atoms with Crippen molar-refractivity contribution in [1.29, 1.82) is 0 Å². The van der Waals surface area contributed by atoms with Gasteiger partial charge in [-0.3, -0.25) is 4.79 Å². The van der Waals surface area contributed by atoms with Crippen molar-refractivity contribution in [3.8, 4) is 11.1 Å². The van der Waals surface area contributed by atoms with E-state index < -0.39 is 5.92 Å². The number of carbonyl (C=O) groups excluding carboxylic acids is 1. The molecule has 35 heavy (non-hydrogen) atoms. The van der Waals surface area contributed by atoms with Crippen LogP contribution >= 0.6 is 0 Å². The minimum absolute atomic E-state index is 0.0914. The summed E-state index contributed by atoms with van der Waals surface area (Å²) in [5, 5.41) is 8.14. The number of carbonyl (C=O) groups is 1. The molecule has 0 amide bonds. The number of rotatable bonds is 8. The molecule has 0 saturated heterocycles. The van der Waals surface area contributed by atoms with Crippen LogP contribution in [0.25, 0.3) is 11.1 Å². The van der Waals surface area contributed by atoms with Crippen molar-refractivity contribution in [2.45, 2.75) is 60.3 Å². The molecule has 2 aromatic rings. The van der Waals surface area contributed by atoms with E-state index in [1.165, 1.54) is 6.07 Å². The van der Waals surface area contributed by atoms with E-state index in [9.17, 15) is 18.0 Å². The van der Waals surface area contributed by atoms with Crippen LogP contribution < -0.4 is 0 Å². The smallest absolute Gasteiger partial charge is 0.249 e. The van der Waals surface area contributed by atoms with Gasteiger partial charge in [-0.15, -0.1) is 0 Å². The highest BCUT2D eigenvalue weighted by molar-refractivity contribution is 5.92. The minimum atomic E-state index is -2.73. The van der Waals surface area contributed by atoms with Gasteiger partial charge in [0.1, 0.15) is 5.82 Å². The van der Waals surface area contributed by atoms with Crippen molar-refractivity contribution >= 4 is 5.78 Å². The molecular weight excluding hydrogens is 451 g/mol. The van der Waals surface area contributed by atoms with Crippen molar-refractivity contribution in [2.75, 3.05) is 13.7 Å². The van der Waals surface area contributed by atoms with Gasteiger partial charge in [0.15, 0.2) is 5.78 Å². The van der Waals surface area contributed by atoms with Crippen molar-refractivity contribution in [3.63, 3.8) is 0 Å². The third-order valence-electron chi connectivity index (χ3n) is 4.82. The van der Waals surface area contributed by atoms with Crippen molar-refractivity contribution in [3.05, 3.63) is 84.0 Å². The van der Waals surface area contributed by atoms with Crippen LogP contribution in [0.3, 0.4) is 0 Å². The molecule has 0 spiro atoms. The lowest BCUT2D eigenvalue weighted by Gasteiger charge is -2.11. The zero-order chi connectivity index (χ0) is 27.2. The summed E-state index contributed by atoms with van der Waals surface area (Å²) in [5.74, 6) is -2.49. The summed E-state index contributed by atoms with van der Waals surface area (Å²) >= 11 is 0. The quantitative estimate of drug-likeness (QED) is 0.390. The molecule has 0 bridgehead atoms. The fraction of sp³-hybridized carbons (Fsp3) is 0.414. The second kappa shape index (κ2) is 15.9. The number of ketones is 1. The Labute approximate surface area is 209 Å². The van der Waals surface area contributed by atoms with E-state index in [0.29, 0.717) is 29.2 Å². The maximum Gasteiger partial charge on any atom is 0.249 e. The average molecular weight is 492 g/mol. The Balaban J connectivity index is 0.000000644. The third-order valence-corrected chi connectivity index (χ3v) is 4.82. The molecule has 0 aliphatic heterocycles. The standard InChI is InChI=1S/C17H17F3.C8H13NO.C4H10O/c1-3-12-6-9-16(18)15(10-12)14-7-4-13(5-8-14)11-17(2,19)20;1-5-9(4)6-7(2)8(3)10;1-4(2)3-5/h4-10H,3,11H2,1-2H3;5-6H,1H2,2-4H3;4-5H,3H2,1-2H3/b;7-6+;. The molecule has 3 nitrogen and oxygen atoms in total. The lowest BCUT2D eigenvalue weighted by Crippen LogP contribution is -2.13. The van der Waals surface area contributed by atoms with Gasteiger partial charge in [-0.05, 0) is 68.1 Å². The minimum Gasteiger partial charge on any atom is -0.396 e. The number of aryl methyl sites for hydroxylation is 1. The number of aliphatic hydroxyl groups is 1. The first-order chi connectivity index (χ1) is 16.2. The number of allylic oxidation sites excluding steroid dienone is 1. The molecule has 2 rings (SSSR count). The number of nitrogens with zero attached hydrogens (tertiary/aromatic N) is 1. The van der Waals surface area contributed by atoms with Gasteiger partial charge in [-0.25, -0.2) is 13.2 Å². The second-order valence-electron chi connectivity index (χ2n) is 8.90. The van der Waals surface area contributed by atoms with Crippen LogP contribution in [0.4, 0.5) is 13.2 Å². The van der Waals surface area contributed by atoms with E-state index >= 15 is 0 Å². The molecule has 0 atom stereocenters. The fourth-order valence-corrected chi connectivity index (χ4v) is 2.62. The Hall–Kier alpha value is -2.86. The van der Waals surface area contributed by atoms with E-state index in [1.807, 2.05) is 27.8 Å². The summed E-state index contributed by atoms with van der Waals surface area (Å²) < 4.78 is 39.7. The van der Waals surface area contributed by atoms with Crippen LogP contribution in [0, 0.1) is 11.7 Å². The van der Waals surface area contributed by atoms with Crippen LogP contribution in [-0.4, -0.2) is 35.4 Å². The van der Waals surface area contributed by atoms with Crippen LogP contribution in [0.15, 0.2) is 67.0 Å². The maximum absolute atomic E-state index is 13.8. The molecule has 0 saturated carbocycles. The average Bonchev–Trinajstić information content (AvgIpc) is 2.79. The second-order valence-corrected chi connectivity index (χ2v) is 8.90. The van der Waals surface area contributed by atoms with E-state index in [1.54, 1.807) is 67.5 Å². The Morgan fingerprint density at radius 2 is 1.63 bits per heavy atom. The summed E-state index contributed by atoms with van der Waals surface area (Å²) in [6.45, 7) is 14.0. The Morgan fingerprint density at radius 3 is 2.03 bits per heavy atom. The highest BCUT2D eigenvalue weighted by Crippen LogP contribution is 2.26. The number of benzene rings is 2. The molecule has 0 aromatic heterocycles. The molecule has 0 aliphatic carbocycles. The molecule has 2 aromatic carbocycles. The van der Waals surface area contributed by atoms with E-state index in [4.69, 9.17) is 5.11 Å². The summed E-state index contributed by atoms with van der Waals surface area (Å²) in [7, 11) is 1.83. The Bertz CT molecular complexity index is 945. The number of Topliss-reactive ketones (excluding diaryl/α,β-unsaturated/α-hetero) is 1. The maximum atomic E-state index is 13.8. The summed E-state index contributed by atoms with van der Waals surface area (Å²) in [4.78, 5) is 12.4. The molecule has 194 valence electrons. The molecular formula is C29H40F3NO2. The lowest BCUT2D eigenvalue weighted by molar-refractivity contribution is -0.113. The van der Waals surface area contributed by atoms with Crippen LogP contribution in [0.5, 0.6) is 0 Å². The van der Waals surface area contributed by atoms with Gasteiger partial charge in [-0.2, -0.15) is 0 Å². The predicted octanol–water partition coefficient (Wildman–Crippen LogP) is 7.44. The summed E-state index contributed by atoms with van der Waals surface area (Å²) in [6, 6.07) is 11.7. The Morgan fingerprint density at radius 1 is 1.11 bits per heavy atom. The SMILES string of the molecule is C=CN(C)/C=C(\C)C(C)=O.CC(C)CO.CCc1ccc(F)c(-c2ccc(CC(C)(F)F)cc2)c1. The number of aliphatic hydroxyl groups excluding tert-OH is 1.